The van der Waals surface area contributed by atoms with E-state index in [4.69, 9.17) is 9.47 Å². The highest BCUT2D eigenvalue weighted by atomic mass is 16.5. The van der Waals surface area contributed by atoms with Gasteiger partial charge >= 0.3 is 0 Å². The second-order valence-electron chi connectivity index (χ2n) is 8.17. The zero-order valence-corrected chi connectivity index (χ0v) is 18.9. The molecular formula is C27H31N3O3. The van der Waals surface area contributed by atoms with Crippen molar-refractivity contribution in [2.75, 3.05) is 46.0 Å². The fraction of sp³-hybridized carbons (Fsp3) is 0.333. The number of carbonyl (C=O) groups excluding carboxylic acids is 1. The van der Waals surface area contributed by atoms with Gasteiger partial charge in [0.1, 0.15) is 12.4 Å². The smallest absolute Gasteiger partial charge is 0.152 e. The molecule has 1 fully saturated rings. The number of hydrogen-bond donors (Lipinski definition) is 1. The van der Waals surface area contributed by atoms with Crippen LogP contribution in [0.2, 0.25) is 0 Å². The summed E-state index contributed by atoms with van der Waals surface area (Å²) >= 11 is 0. The van der Waals surface area contributed by atoms with Gasteiger partial charge in [-0.3, -0.25) is 14.7 Å². The Hall–Kier alpha value is -3.06. The molecule has 0 unspecified atom stereocenters. The predicted octanol–water partition coefficient (Wildman–Crippen LogP) is 3.36. The molecule has 0 aliphatic carbocycles. The fourth-order valence-electron chi connectivity index (χ4n) is 3.77. The maximum atomic E-state index is 12.3. The summed E-state index contributed by atoms with van der Waals surface area (Å²) < 4.78 is 11.3. The summed E-state index contributed by atoms with van der Waals surface area (Å²) in [6, 6.07) is 22.1. The van der Waals surface area contributed by atoms with E-state index >= 15 is 0 Å². The molecule has 2 heterocycles. The van der Waals surface area contributed by atoms with Gasteiger partial charge in [-0.2, -0.15) is 0 Å². The minimum absolute atomic E-state index is 0.129. The van der Waals surface area contributed by atoms with Crippen LogP contribution in [-0.2, 0) is 22.5 Å². The molecule has 1 N–H and O–H groups in total. The van der Waals surface area contributed by atoms with Gasteiger partial charge in [-0.15, -0.1) is 0 Å². The number of hydrogen-bond acceptors (Lipinski definition) is 6. The molecule has 0 amide bonds. The van der Waals surface area contributed by atoms with Crippen molar-refractivity contribution in [3.63, 3.8) is 0 Å². The van der Waals surface area contributed by atoms with Crippen molar-refractivity contribution >= 4 is 5.78 Å². The summed E-state index contributed by atoms with van der Waals surface area (Å²) in [5.41, 5.74) is 4.05. The number of carbonyl (C=O) groups is 1. The van der Waals surface area contributed by atoms with E-state index in [1.807, 2.05) is 72.9 Å². The van der Waals surface area contributed by atoms with Crippen molar-refractivity contribution in [1.82, 2.24) is 15.2 Å². The van der Waals surface area contributed by atoms with Crippen LogP contribution in [0, 0.1) is 0 Å². The van der Waals surface area contributed by atoms with Gasteiger partial charge < -0.3 is 14.8 Å². The maximum Gasteiger partial charge on any atom is 0.152 e. The third-order valence-corrected chi connectivity index (χ3v) is 5.66. The first kappa shape index (κ1) is 23.1. The summed E-state index contributed by atoms with van der Waals surface area (Å²) in [5.74, 6) is 0.995. The van der Waals surface area contributed by atoms with Gasteiger partial charge in [0.05, 0.1) is 26.2 Å². The SMILES string of the molecule is O=C(CNCc1ccccc1)Cc1ccc(-c2ccc(OCCN3CCOCC3)cc2)cn1. The Morgan fingerprint density at radius 1 is 0.970 bits per heavy atom. The zero-order chi connectivity index (χ0) is 22.7. The average molecular weight is 446 g/mol. The van der Waals surface area contributed by atoms with Crippen LogP contribution in [0.3, 0.4) is 0 Å². The number of nitrogens with zero attached hydrogens (tertiary/aromatic N) is 2. The Kier molecular flexibility index (Phi) is 8.58. The number of Topliss-reactive ketones (excluding diaryl/α,β-unsaturated/α-hetero) is 1. The van der Waals surface area contributed by atoms with E-state index in [2.05, 4.69) is 15.2 Å². The highest BCUT2D eigenvalue weighted by Crippen LogP contribution is 2.22. The molecule has 2 aromatic carbocycles. The van der Waals surface area contributed by atoms with Gasteiger partial charge in [-0.1, -0.05) is 48.5 Å². The number of morpholine rings is 1. The van der Waals surface area contributed by atoms with Crippen LogP contribution in [0.25, 0.3) is 11.1 Å². The quantitative estimate of drug-likeness (QED) is 0.488. The normalized spacial score (nSPS) is 14.2. The topological polar surface area (TPSA) is 63.7 Å². The number of benzene rings is 2. The van der Waals surface area contributed by atoms with Crippen LogP contribution >= 0.6 is 0 Å². The van der Waals surface area contributed by atoms with Crippen molar-refractivity contribution in [3.8, 4) is 16.9 Å². The van der Waals surface area contributed by atoms with Crippen LogP contribution in [0.4, 0.5) is 0 Å². The van der Waals surface area contributed by atoms with Gasteiger partial charge in [0.25, 0.3) is 0 Å². The van der Waals surface area contributed by atoms with Crippen molar-refractivity contribution in [1.29, 1.82) is 0 Å². The third kappa shape index (κ3) is 7.49. The largest absolute Gasteiger partial charge is 0.492 e. The summed E-state index contributed by atoms with van der Waals surface area (Å²) in [7, 11) is 0. The fourth-order valence-corrected chi connectivity index (χ4v) is 3.77. The molecule has 0 bridgehead atoms. The molecule has 3 aromatic rings. The average Bonchev–Trinajstić information content (AvgIpc) is 2.86. The maximum absolute atomic E-state index is 12.3. The Morgan fingerprint density at radius 2 is 1.73 bits per heavy atom. The van der Waals surface area contributed by atoms with Crippen molar-refractivity contribution < 1.29 is 14.3 Å². The molecule has 0 saturated carbocycles. The van der Waals surface area contributed by atoms with E-state index < -0.39 is 0 Å². The van der Waals surface area contributed by atoms with Crippen LogP contribution in [0.15, 0.2) is 72.9 Å². The van der Waals surface area contributed by atoms with E-state index in [1.54, 1.807) is 0 Å². The van der Waals surface area contributed by atoms with Crippen LogP contribution in [0.5, 0.6) is 5.75 Å². The Bertz CT molecular complexity index is 985. The molecule has 1 aliphatic heterocycles. The Morgan fingerprint density at radius 3 is 2.45 bits per heavy atom. The molecule has 6 nitrogen and oxygen atoms in total. The summed E-state index contributed by atoms with van der Waals surface area (Å²) in [5, 5.41) is 3.20. The zero-order valence-electron chi connectivity index (χ0n) is 18.9. The number of ketones is 1. The molecule has 0 atom stereocenters. The first-order chi connectivity index (χ1) is 16.3. The van der Waals surface area contributed by atoms with Crippen LogP contribution in [-0.4, -0.2) is 61.7 Å². The Balaban J connectivity index is 1.20. The molecule has 6 heteroatoms. The van der Waals surface area contributed by atoms with Gasteiger partial charge in [0, 0.05) is 43.6 Å². The van der Waals surface area contributed by atoms with E-state index in [9.17, 15) is 4.79 Å². The lowest BCUT2D eigenvalue weighted by Crippen LogP contribution is -2.38. The minimum atomic E-state index is 0.129. The summed E-state index contributed by atoms with van der Waals surface area (Å²) in [6.45, 7) is 6.17. The molecular weight excluding hydrogens is 414 g/mol. The number of rotatable bonds is 11. The summed E-state index contributed by atoms with van der Waals surface area (Å²) in [6.07, 6.45) is 2.16. The lowest BCUT2D eigenvalue weighted by atomic mass is 10.1. The number of pyridine rings is 1. The molecule has 1 aliphatic rings. The molecule has 0 spiro atoms. The molecule has 1 aromatic heterocycles. The number of aromatic nitrogens is 1. The first-order valence-electron chi connectivity index (χ1n) is 11.5. The lowest BCUT2D eigenvalue weighted by Gasteiger charge is -2.26. The van der Waals surface area contributed by atoms with Gasteiger partial charge in [-0.05, 0) is 29.3 Å². The van der Waals surface area contributed by atoms with Crippen LogP contribution < -0.4 is 10.1 Å². The van der Waals surface area contributed by atoms with E-state index in [1.165, 1.54) is 5.56 Å². The van der Waals surface area contributed by atoms with Gasteiger partial charge in [0.2, 0.25) is 0 Å². The Labute approximate surface area is 195 Å². The van der Waals surface area contributed by atoms with E-state index in [0.29, 0.717) is 26.1 Å². The number of ether oxygens (including phenoxy) is 2. The predicted molar refractivity (Wildman–Crippen MR) is 129 cm³/mol. The van der Waals surface area contributed by atoms with E-state index in [-0.39, 0.29) is 5.78 Å². The van der Waals surface area contributed by atoms with Gasteiger partial charge in [-0.25, -0.2) is 0 Å². The highest BCUT2D eigenvalue weighted by molar-refractivity contribution is 5.82. The second kappa shape index (κ2) is 12.3. The standard InChI is InChI=1S/C27H31N3O3/c31-26(21-28-19-22-4-2-1-3-5-22)18-25-9-6-24(20-29-25)23-7-10-27(11-8-23)33-17-14-30-12-15-32-16-13-30/h1-11,20,28H,12-19,21H2. The van der Waals surface area contributed by atoms with E-state index in [0.717, 1.165) is 55.4 Å². The second-order valence-corrected chi connectivity index (χ2v) is 8.17. The van der Waals surface area contributed by atoms with Crippen molar-refractivity contribution in [2.24, 2.45) is 0 Å². The first-order valence-corrected chi connectivity index (χ1v) is 11.5. The molecule has 0 radical (unpaired) electrons. The van der Waals surface area contributed by atoms with Crippen molar-refractivity contribution in [3.05, 3.63) is 84.2 Å². The summed E-state index contributed by atoms with van der Waals surface area (Å²) in [4.78, 5) is 19.1. The highest BCUT2D eigenvalue weighted by Gasteiger charge is 2.10. The minimum Gasteiger partial charge on any atom is -0.492 e. The molecule has 4 rings (SSSR count). The molecule has 33 heavy (non-hydrogen) atoms. The monoisotopic (exact) mass is 445 g/mol. The van der Waals surface area contributed by atoms with Gasteiger partial charge in [0.15, 0.2) is 5.78 Å². The third-order valence-electron chi connectivity index (χ3n) is 5.66. The lowest BCUT2D eigenvalue weighted by molar-refractivity contribution is -0.117. The molecule has 172 valence electrons. The van der Waals surface area contributed by atoms with Crippen LogP contribution in [0.1, 0.15) is 11.3 Å². The molecule has 1 saturated heterocycles. The number of nitrogens with one attached hydrogen (secondary N) is 1. The van der Waals surface area contributed by atoms with Crippen molar-refractivity contribution in [2.45, 2.75) is 13.0 Å².